The molecule has 0 aliphatic carbocycles. The Hall–Kier alpha value is -2.94. The van der Waals surface area contributed by atoms with E-state index in [1.54, 1.807) is 31.1 Å². The summed E-state index contributed by atoms with van der Waals surface area (Å²) in [5.41, 5.74) is 0.792. The Labute approximate surface area is 169 Å². The van der Waals surface area contributed by atoms with Crippen molar-refractivity contribution in [2.24, 2.45) is 0 Å². The van der Waals surface area contributed by atoms with Crippen molar-refractivity contribution < 1.29 is 23.6 Å². The van der Waals surface area contributed by atoms with Gasteiger partial charge >= 0.3 is 0 Å². The first-order chi connectivity index (χ1) is 13.8. The number of piperidine rings is 1. The van der Waals surface area contributed by atoms with Crippen molar-refractivity contribution in [3.8, 4) is 0 Å². The van der Waals surface area contributed by atoms with E-state index in [9.17, 15) is 9.18 Å². The van der Waals surface area contributed by atoms with E-state index in [0.29, 0.717) is 25.1 Å². The third-order valence-electron chi connectivity index (χ3n) is 4.80. The highest BCUT2D eigenvalue weighted by molar-refractivity contribution is 5.89. The van der Waals surface area contributed by atoms with Gasteiger partial charge in [-0.05, 0) is 38.0 Å². The van der Waals surface area contributed by atoms with Crippen LogP contribution < -0.4 is 5.32 Å². The molecule has 0 bridgehead atoms. The van der Waals surface area contributed by atoms with E-state index in [4.69, 9.17) is 14.4 Å². The Bertz CT molecular complexity index is 816. The first-order valence-corrected chi connectivity index (χ1v) is 9.27. The van der Waals surface area contributed by atoms with E-state index in [0.717, 1.165) is 24.5 Å². The number of nitrogens with one attached hydrogen (secondary N) is 1. The fraction of sp³-hybridized carbons (Fsp3) is 0.450. The molecule has 1 aliphatic heterocycles. The Morgan fingerprint density at radius 2 is 2.03 bits per heavy atom. The van der Waals surface area contributed by atoms with Crippen LogP contribution in [0.2, 0.25) is 0 Å². The molecule has 1 aromatic carbocycles. The monoisotopic (exact) mass is 406 g/mol. The zero-order valence-corrected chi connectivity index (χ0v) is 16.9. The summed E-state index contributed by atoms with van der Waals surface area (Å²) in [6.45, 7) is 3.81. The molecule has 0 saturated carbocycles. The topological polar surface area (TPSA) is 98.9 Å². The van der Waals surface area contributed by atoms with Crippen LogP contribution in [0.5, 0.6) is 0 Å². The second kappa shape index (κ2) is 10.0. The first-order valence-electron chi connectivity index (χ1n) is 9.27. The fourth-order valence-electron chi connectivity index (χ4n) is 3.48. The summed E-state index contributed by atoms with van der Waals surface area (Å²) in [5.74, 6) is 0.488. The number of likely N-dealkylation sites (tertiary alicyclic amines) is 1. The molecule has 2 N–H and O–H groups in total. The fourth-order valence-corrected chi connectivity index (χ4v) is 3.48. The van der Waals surface area contributed by atoms with E-state index in [-0.39, 0.29) is 18.2 Å². The van der Waals surface area contributed by atoms with Crippen LogP contribution in [0, 0.1) is 12.7 Å². The molecule has 8 nitrogen and oxygen atoms in total. The lowest BCUT2D eigenvalue weighted by molar-refractivity contribution is -0.135. The molecule has 29 heavy (non-hydrogen) atoms. The van der Waals surface area contributed by atoms with Gasteiger partial charge in [-0.15, -0.1) is 0 Å². The number of anilines is 1. The Morgan fingerprint density at radius 3 is 2.55 bits per heavy atom. The minimum absolute atomic E-state index is 0.0127. The van der Waals surface area contributed by atoms with Gasteiger partial charge in [0.15, 0.2) is 0 Å². The van der Waals surface area contributed by atoms with Crippen molar-refractivity contribution in [3.63, 3.8) is 0 Å². The highest BCUT2D eigenvalue weighted by atomic mass is 19.1. The quantitative estimate of drug-likeness (QED) is 0.736. The lowest BCUT2D eigenvalue weighted by Gasteiger charge is -2.42. The number of carboxylic acid groups (broad SMARTS) is 1. The maximum Gasteiger partial charge on any atom is 0.290 e. The molecule has 158 valence electrons. The van der Waals surface area contributed by atoms with E-state index in [1.807, 2.05) is 13.0 Å². The van der Waals surface area contributed by atoms with Gasteiger partial charge in [-0.1, -0.05) is 11.2 Å². The van der Waals surface area contributed by atoms with Gasteiger partial charge in [0, 0.05) is 45.5 Å². The summed E-state index contributed by atoms with van der Waals surface area (Å²) in [4.78, 5) is 25.1. The van der Waals surface area contributed by atoms with Crippen LogP contribution in [0.25, 0.3) is 0 Å². The predicted octanol–water partition coefficient (Wildman–Crippen LogP) is 2.36. The van der Waals surface area contributed by atoms with Crippen molar-refractivity contribution >= 4 is 18.1 Å². The smallest absolute Gasteiger partial charge is 0.290 e. The summed E-state index contributed by atoms with van der Waals surface area (Å²) in [7, 11) is 3.50. The normalized spacial score (nSPS) is 15.7. The molecule has 0 unspecified atom stereocenters. The molecule has 3 rings (SSSR count). The Morgan fingerprint density at radius 1 is 1.38 bits per heavy atom. The number of carbonyl (C=O) groups excluding carboxylic acids is 1. The van der Waals surface area contributed by atoms with Crippen LogP contribution in [0.15, 0.2) is 34.9 Å². The summed E-state index contributed by atoms with van der Waals surface area (Å²) in [6, 6.07) is 8.19. The molecule has 1 aromatic heterocycles. The molecule has 1 fully saturated rings. The Kier molecular flexibility index (Phi) is 7.72. The average molecular weight is 406 g/mol. The van der Waals surface area contributed by atoms with E-state index >= 15 is 0 Å². The van der Waals surface area contributed by atoms with E-state index < -0.39 is 5.54 Å². The summed E-state index contributed by atoms with van der Waals surface area (Å²) in [5, 5.41) is 14.2. The summed E-state index contributed by atoms with van der Waals surface area (Å²) < 4.78 is 18.7. The standard InChI is InChI=1S/C19H25FN4O2.CH2O2/c1-14-11-17(22-26-14)13-24-9-7-19(8-10-24,18(25)23(2)3)21-16-6-4-5-15(20)12-16;2-1-3/h4-6,11-12,21H,7-10,13H2,1-3H3;1H,(H,2,3). The molecule has 2 heterocycles. The van der Waals surface area contributed by atoms with Gasteiger partial charge in [0.25, 0.3) is 6.47 Å². The second-order valence-corrected chi connectivity index (χ2v) is 7.23. The van der Waals surface area contributed by atoms with Crippen molar-refractivity contribution in [1.29, 1.82) is 0 Å². The van der Waals surface area contributed by atoms with Gasteiger partial charge in [0.05, 0.1) is 5.69 Å². The van der Waals surface area contributed by atoms with Gasteiger partial charge in [-0.25, -0.2) is 4.39 Å². The first kappa shape index (κ1) is 22.4. The van der Waals surface area contributed by atoms with Gasteiger partial charge in [-0.3, -0.25) is 14.5 Å². The third-order valence-corrected chi connectivity index (χ3v) is 4.80. The summed E-state index contributed by atoms with van der Waals surface area (Å²) in [6.07, 6.45) is 1.27. The molecule has 0 spiro atoms. The largest absolute Gasteiger partial charge is 0.483 e. The molecular weight excluding hydrogens is 379 g/mol. The number of nitrogens with zero attached hydrogens (tertiary/aromatic N) is 3. The number of aromatic nitrogens is 1. The van der Waals surface area contributed by atoms with Crippen molar-refractivity contribution in [1.82, 2.24) is 15.0 Å². The van der Waals surface area contributed by atoms with Crippen LogP contribution in [0.3, 0.4) is 0 Å². The molecule has 1 amide bonds. The van der Waals surface area contributed by atoms with Gasteiger partial charge < -0.3 is 19.8 Å². The number of hydrogen-bond donors (Lipinski definition) is 2. The highest BCUT2D eigenvalue weighted by Crippen LogP contribution is 2.30. The molecule has 1 saturated heterocycles. The highest BCUT2D eigenvalue weighted by Gasteiger charge is 2.42. The molecule has 0 radical (unpaired) electrons. The SMILES string of the molecule is Cc1cc(CN2CCC(Nc3cccc(F)c3)(C(=O)N(C)C)CC2)no1.O=CO. The van der Waals surface area contributed by atoms with Crippen molar-refractivity contribution in [2.45, 2.75) is 31.8 Å². The zero-order chi connectivity index (χ0) is 21.4. The Balaban J connectivity index is 0.000000941. The average Bonchev–Trinajstić information content (AvgIpc) is 3.08. The van der Waals surface area contributed by atoms with Crippen molar-refractivity contribution in [3.05, 3.63) is 47.6 Å². The molecular formula is C20H27FN4O4. The van der Waals surface area contributed by atoms with Gasteiger partial charge in [-0.2, -0.15) is 0 Å². The maximum atomic E-state index is 13.6. The minimum atomic E-state index is -0.729. The minimum Gasteiger partial charge on any atom is -0.483 e. The number of benzene rings is 1. The van der Waals surface area contributed by atoms with Crippen LogP contribution in [0.1, 0.15) is 24.3 Å². The number of hydrogen-bond acceptors (Lipinski definition) is 6. The number of aryl methyl sites for hydroxylation is 1. The maximum absolute atomic E-state index is 13.6. The number of halogens is 1. The third kappa shape index (κ3) is 6.02. The predicted molar refractivity (Wildman–Crippen MR) is 106 cm³/mol. The van der Waals surface area contributed by atoms with Gasteiger partial charge in [0.2, 0.25) is 5.91 Å². The van der Waals surface area contributed by atoms with E-state index in [1.165, 1.54) is 12.1 Å². The number of likely N-dealkylation sites (N-methyl/N-ethyl adjacent to an activating group) is 1. The van der Waals surface area contributed by atoms with Gasteiger partial charge in [0.1, 0.15) is 17.1 Å². The molecule has 9 heteroatoms. The molecule has 1 aliphatic rings. The van der Waals surface area contributed by atoms with Crippen LogP contribution in [0.4, 0.5) is 10.1 Å². The van der Waals surface area contributed by atoms with Crippen molar-refractivity contribution in [2.75, 3.05) is 32.5 Å². The lowest BCUT2D eigenvalue weighted by Crippen LogP contribution is -2.57. The van der Waals surface area contributed by atoms with Crippen LogP contribution in [-0.2, 0) is 16.1 Å². The summed E-state index contributed by atoms with van der Waals surface area (Å²) >= 11 is 0. The van der Waals surface area contributed by atoms with E-state index in [2.05, 4.69) is 15.4 Å². The number of amides is 1. The number of rotatable bonds is 5. The number of carbonyl (C=O) groups is 2. The lowest BCUT2D eigenvalue weighted by atomic mass is 9.85. The molecule has 0 atom stereocenters. The zero-order valence-electron chi connectivity index (χ0n) is 16.9. The second-order valence-electron chi connectivity index (χ2n) is 7.23. The van der Waals surface area contributed by atoms with Crippen LogP contribution >= 0.6 is 0 Å². The van der Waals surface area contributed by atoms with Crippen LogP contribution in [-0.4, -0.2) is 65.2 Å². The molecule has 2 aromatic rings.